The van der Waals surface area contributed by atoms with Crippen LogP contribution in [0.25, 0.3) is 0 Å². The second-order valence-electron chi connectivity index (χ2n) is 0.577. The molecule has 5 heavy (non-hydrogen) atoms. The van der Waals surface area contributed by atoms with Gasteiger partial charge in [-0.15, -0.1) is 0 Å². The monoisotopic (exact) mass is 94.0 g/mol. The highest BCUT2D eigenvalue weighted by molar-refractivity contribution is 6.19. The minimum atomic E-state index is -1.45. The van der Waals surface area contributed by atoms with Crippen molar-refractivity contribution in [2.24, 2.45) is 0 Å². The fourth-order valence-electron chi connectivity index (χ4n) is 0. The SMILES string of the molecule is [O]CC([O])Cl. The van der Waals surface area contributed by atoms with Crippen LogP contribution in [-0.4, -0.2) is 12.2 Å². The highest BCUT2D eigenvalue weighted by atomic mass is 35.5. The van der Waals surface area contributed by atoms with E-state index < -0.39 is 12.2 Å². The Hall–Kier alpha value is 0.210. The molecule has 0 aromatic carbocycles. The molecular formula is C2H3ClO2. The average molecular weight is 94.5 g/mol. The van der Waals surface area contributed by atoms with E-state index in [1.165, 1.54) is 0 Å². The molecule has 0 N–H and O–H groups in total. The van der Waals surface area contributed by atoms with Gasteiger partial charge < -0.3 is 0 Å². The minimum Gasteiger partial charge on any atom is -0.232 e. The van der Waals surface area contributed by atoms with Crippen LogP contribution in [0.15, 0.2) is 0 Å². The van der Waals surface area contributed by atoms with Crippen LogP contribution in [0.4, 0.5) is 0 Å². The number of hydrogen-bond acceptors (Lipinski definition) is 0. The molecule has 30 valence electrons. The standard InChI is InChI=1S/C2H3ClO2/c3-2(5)1-4/h2H,1H2. The lowest BCUT2D eigenvalue weighted by atomic mass is 10.8. The first-order valence-corrected chi connectivity index (χ1v) is 1.59. The van der Waals surface area contributed by atoms with Crippen molar-refractivity contribution in [3.8, 4) is 0 Å². The normalized spacial score (nSPS) is 15.0. The van der Waals surface area contributed by atoms with E-state index in [2.05, 4.69) is 11.6 Å². The van der Waals surface area contributed by atoms with Crippen molar-refractivity contribution in [1.82, 2.24) is 0 Å². The lowest BCUT2D eigenvalue weighted by Gasteiger charge is -1.80. The first-order chi connectivity index (χ1) is 2.27. The zero-order chi connectivity index (χ0) is 4.28. The lowest BCUT2D eigenvalue weighted by Crippen LogP contribution is -1.95. The molecule has 1 atom stereocenters. The summed E-state index contributed by atoms with van der Waals surface area (Å²) in [5.74, 6) is 0. The molecule has 0 bridgehead atoms. The van der Waals surface area contributed by atoms with E-state index in [-0.39, 0.29) is 0 Å². The molecular weight excluding hydrogens is 91.5 g/mol. The molecule has 1 unspecified atom stereocenters. The average Bonchev–Trinajstić information content (AvgIpc) is 1.38. The van der Waals surface area contributed by atoms with Crippen LogP contribution in [-0.2, 0) is 10.2 Å². The van der Waals surface area contributed by atoms with Crippen molar-refractivity contribution in [2.45, 2.75) is 5.56 Å². The van der Waals surface area contributed by atoms with Crippen LogP contribution >= 0.6 is 11.6 Å². The third-order valence-electron chi connectivity index (χ3n) is 0.131. The third-order valence-corrected chi connectivity index (χ3v) is 0.257. The number of alkyl halides is 1. The molecule has 0 saturated heterocycles. The van der Waals surface area contributed by atoms with E-state index in [9.17, 15) is 10.2 Å². The maximum atomic E-state index is 9.35. The molecule has 0 heterocycles. The van der Waals surface area contributed by atoms with Gasteiger partial charge in [0, 0.05) is 0 Å². The predicted octanol–water partition coefficient (Wildman–Crippen LogP) is 0.412. The van der Waals surface area contributed by atoms with Crippen molar-refractivity contribution in [3.05, 3.63) is 0 Å². The van der Waals surface area contributed by atoms with E-state index in [4.69, 9.17) is 0 Å². The van der Waals surface area contributed by atoms with Crippen molar-refractivity contribution >= 4 is 11.6 Å². The van der Waals surface area contributed by atoms with E-state index in [1.54, 1.807) is 0 Å². The van der Waals surface area contributed by atoms with Gasteiger partial charge in [-0.3, -0.25) is 0 Å². The van der Waals surface area contributed by atoms with E-state index in [1.807, 2.05) is 0 Å². The summed E-state index contributed by atoms with van der Waals surface area (Å²) in [5.41, 5.74) is -1.45. The molecule has 2 radical (unpaired) electrons. The van der Waals surface area contributed by atoms with Gasteiger partial charge >= 0.3 is 0 Å². The molecule has 2 nitrogen and oxygen atoms in total. The van der Waals surface area contributed by atoms with Crippen LogP contribution in [0.3, 0.4) is 0 Å². The molecule has 3 heteroatoms. The molecule has 0 aliphatic heterocycles. The van der Waals surface area contributed by atoms with Gasteiger partial charge in [0.1, 0.15) is 6.61 Å². The van der Waals surface area contributed by atoms with Crippen molar-refractivity contribution in [3.63, 3.8) is 0 Å². The number of halogens is 1. The van der Waals surface area contributed by atoms with Crippen molar-refractivity contribution in [2.75, 3.05) is 6.61 Å². The Morgan fingerprint density at radius 2 is 2.00 bits per heavy atom. The molecule has 0 spiro atoms. The van der Waals surface area contributed by atoms with Gasteiger partial charge in [0.05, 0.1) is 0 Å². The molecule has 0 aliphatic rings. The summed E-state index contributed by atoms with van der Waals surface area (Å²) in [5, 5.41) is 18.5. The summed E-state index contributed by atoms with van der Waals surface area (Å²) in [7, 11) is 0. The highest BCUT2D eigenvalue weighted by Gasteiger charge is 1.92. The molecule has 0 fully saturated rings. The first kappa shape index (κ1) is 5.21. The van der Waals surface area contributed by atoms with Gasteiger partial charge in [0.15, 0.2) is 5.56 Å². The zero-order valence-corrected chi connectivity index (χ0v) is 3.23. The Morgan fingerprint density at radius 3 is 2.00 bits per heavy atom. The fourth-order valence-corrected chi connectivity index (χ4v) is 0. The van der Waals surface area contributed by atoms with Gasteiger partial charge in [0.25, 0.3) is 0 Å². The van der Waals surface area contributed by atoms with Crippen LogP contribution in [0.5, 0.6) is 0 Å². The Labute approximate surface area is 35.0 Å². The summed E-state index contributed by atoms with van der Waals surface area (Å²) in [4.78, 5) is 0. The summed E-state index contributed by atoms with van der Waals surface area (Å²) in [6.07, 6.45) is 0. The second kappa shape index (κ2) is 2.45. The van der Waals surface area contributed by atoms with Crippen LogP contribution in [0, 0.1) is 0 Å². The Bertz CT molecular complexity index is 21.6. The van der Waals surface area contributed by atoms with Gasteiger partial charge in [-0.05, 0) is 0 Å². The summed E-state index contributed by atoms with van der Waals surface area (Å²) < 4.78 is 0. The highest BCUT2D eigenvalue weighted by Crippen LogP contribution is 1.84. The summed E-state index contributed by atoms with van der Waals surface area (Å²) >= 11 is 4.59. The predicted molar refractivity (Wildman–Crippen MR) is 15.9 cm³/mol. The molecule has 0 aliphatic carbocycles. The topological polar surface area (TPSA) is 39.8 Å². The second-order valence-corrected chi connectivity index (χ2v) is 1.06. The maximum absolute atomic E-state index is 9.35. The van der Waals surface area contributed by atoms with E-state index in [0.29, 0.717) is 0 Å². The van der Waals surface area contributed by atoms with E-state index >= 15 is 0 Å². The van der Waals surface area contributed by atoms with Gasteiger partial charge in [-0.2, -0.15) is 0 Å². The maximum Gasteiger partial charge on any atom is 0.192 e. The number of rotatable bonds is 1. The lowest BCUT2D eigenvalue weighted by molar-refractivity contribution is 0.0588. The largest absolute Gasteiger partial charge is 0.232 e. The third kappa shape index (κ3) is 4.21. The smallest absolute Gasteiger partial charge is 0.192 e. The van der Waals surface area contributed by atoms with Crippen LogP contribution in [0.2, 0.25) is 0 Å². The van der Waals surface area contributed by atoms with Crippen molar-refractivity contribution in [1.29, 1.82) is 0 Å². The van der Waals surface area contributed by atoms with Crippen molar-refractivity contribution < 1.29 is 10.2 Å². The van der Waals surface area contributed by atoms with Gasteiger partial charge in [0.2, 0.25) is 0 Å². The molecule has 0 saturated carbocycles. The Morgan fingerprint density at radius 1 is 1.80 bits per heavy atom. The minimum absolute atomic E-state index is 0.735. The van der Waals surface area contributed by atoms with Crippen LogP contribution in [0.1, 0.15) is 0 Å². The number of hydrogen-bond donors (Lipinski definition) is 0. The van der Waals surface area contributed by atoms with E-state index in [0.717, 1.165) is 0 Å². The molecule has 0 aromatic heterocycles. The summed E-state index contributed by atoms with van der Waals surface area (Å²) in [6.45, 7) is -0.735. The summed E-state index contributed by atoms with van der Waals surface area (Å²) in [6, 6.07) is 0. The molecule has 0 amide bonds. The first-order valence-electron chi connectivity index (χ1n) is 1.15. The zero-order valence-electron chi connectivity index (χ0n) is 2.48. The fraction of sp³-hybridized carbons (Fsp3) is 1.00. The van der Waals surface area contributed by atoms with Gasteiger partial charge in [-0.25, -0.2) is 10.2 Å². The van der Waals surface area contributed by atoms with Gasteiger partial charge in [-0.1, -0.05) is 11.6 Å². The Balaban J connectivity index is 2.54. The molecule has 0 rings (SSSR count). The quantitative estimate of drug-likeness (QED) is 0.423. The Kier molecular flexibility index (Phi) is 2.55. The molecule has 0 aromatic rings. The van der Waals surface area contributed by atoms with Crippen LogP contribution < -0.4 is 0 Å².